The Morgan fingerprint density at radius 1 is 0.706 bits per heavy atom. The van der Waals surface area contributed by atoms with Crippen LogP contribution in [0.15, 0.2) is 48.6 Å². The summed E-state index contributed by atoms with van der Waals surface area (Å²) in [6, 6.07) is 0. The highest BCUT2D eigenvalue weighted by molar-refractivity contribution is 4.98. The molecule has 95 valence electrons. The van der Waals surface area contributed by atoms with Crippen molar-refractivity contribution in [1.29, 1.82) is 0 Å². The van der Waals surface area contributed by atoms with E-state index >= 15 is 0 Å². The molecule has 0 spiro atoms. The Hall–Kier alpha value is -1.04. The van der Waals surface area contributed by atoms with Crippen LogP contribution in [0.3, 0.4) is 0 Å². The molecule has 0 aromatic carbocycles. The van der Waals surface area contributed by atoms with Crippen LogP contribution in [-0.2, 0) is 0 Å². The Bertz CT molecular complexity index is 241. The lowest BCUT2D eigenvalue weighted by Crippen LogP contribution is -1.70. The van der Waals surface area contributed by atoms with Gasteiger partial charge >= 0.3 is 0 Å². The fourth-order valence-electron chi connectivity index (χ4n) is 1.41. The molecule has 0 atom stereocenters. The van der Waals surface area contributed by atoms with Gasteiger partial charge in [0.25, 0.3) is 0 Å². The largest absolute Gasteiger partial charge is 0.0914 e. The maximum absolute atomic E-state index is 3.83. The van der Waals surface area contributed by atoms with E-state index in [0.29, 0.717) is 0 Å². The predicted octanol–water partition coefficient (Wildman–Crippen LogP) is 5.80. The molecule has 0 unspecified atom stereocenters. The lowest BCUT2D eigenvalue weighted by Gasteiger charge is -1.90. The number of hydrogen-bond acceptors (Lipinski definition) is 0. The molecule has 0 aliphatic heterocycles. The minimum Gasteiger partial charge on any atom is -0.0914 e. The maximum atomic E-state index is 3.83. The second kappa shape index (κ2) is 15.0. The van der Waals surface area contributed by atoms with Crippen molar-refractivity contribution in [2.45, 2.75) is 51.9 Å². The third kappa shape index (κ3) is 15.0. The molecule has 0 heterocycles. The molecular formula is C17H27. The van der Waals surface area contributed by atoms with Gasteiger partial charge in [-0.3, -0.25) is 0 Å². The molecule has 0 rings (SSSR count). The first kappa shape index (κ1) is 16.0. The van der Waals surface area contributed by atoms with Crippen molar-refractivity contribution >= 4 is 0 Å². The monoisotopic (exact) mass is 231 g/mol. The summed E-state index contributed by atoms with van der Waals surface area (Å²) in [6.45, 7) is 5.89. The van der Waals surface area contributed by atoms with Gasteiger partial charge in [-0.15, -0.1) is 0 Å². The smallest absolute Gasteiger partial charge is 0.0169 e. The number of rotatable bonds is 10. The highest BCUT2D eigenvalue weighted by Crippen LogP contribution is 2.00. The van der Waals surface area contributed by atoms with Gasteiger partial charge in [-0.2, -0.15) is 0 Å². The molecule has 0 saturated carbocycles. The summed E-state index contributed by atoms with van der Waals surface area (Å²) in [4.78, 5) is 0. The number of unbranched alkanes of at least 4 members (excludes halogenated alkanes) is 3. The molecule has 0 amide bonds. The van der Waals surface area contributed by atoms with Crippen LogP contribution in [0.4, 0.5) is 0 Å². The van der Waals surface area contributed by atoms with Crippen LogP contribution >= 0.6 is 0 Å². The van der Waals surface area contributed by atoms with E-state index in [1.807, 2.05) is 0 Å². The van der Waals surface area contributed by atoms with Crippen molar-refractivity contribution in [3.05, 3.63) is 55.5 Å². The van der Waals surface area contributed by atoms with Gasteiger partial charge < -0.3 is 0 Å². The standard InChI is InChI=1S/C17H27/c1-3-5-7-9-11-13-15-17-16-14-12-10-8-6-4-2/h4,6,10-13,16-17H,1,3,5,7-9,14-15H2,2H3/b6-4-,12-10-,13-11-,17-16-. The first-order valence-electron chi connectivity index (χ1n) is 6.77. The molecule has 0 N–H and O–H groups in total. The summed E-state index contributed by atoms with van der Waals surface area (Å²) in [6.07, 6.45) is 25.6. The van der Waals surface area contributed by atoms with Crippen molar-refractivity contribution in [2.24, 2.45) is 0 Å². The summed E-state index contributed by atoms with van der Waals surface area (Å²) in [7, 11) is 0. The van der Waals surface area contributed by atoms with E-state index < -0.39 is 0 Å². The first-order chi connectivity index (χ1) is 8.41. The van der Waals surface area contributed by atoms with Gasteiger partial charge in [0.05, 0.1) is 0 Å². The first-order valence-corrected chi connectivity index (χ1v) is 6.77. The zero-order valence-electron chi connectivity index (χ0n) is 11.3. The zero-order chi connectivity index (χ0) is 12.6. The molecular weight excluding hydrogens is 204 g/mol. The molecule has 17 heavy (non-hydrogen) atoms. The van der Waals surface area contributed by atoms with E-state index in [4.69, 9.17) is 0 Å². The second-order valence-corrected chi connectivity index (χ2v) is 4.04. The van der Waals surface area contributed by atoms with Crippen LogP contribution in [0, 0.1) is 6.92 Å². The molecule has 0 aromatic rings. The fraction of sp³-hybridized carbons (Fsp3) is 0.471. The van der Waals surface area contributed by atoms with E-state index in [1.165, 1.54) is 19.3 Å². The lowest BCUT2D eigenvalue weighted by molar-refractivity contribution is 0.759. The minimum absolute atomic E-state index is 1.05. The number of hydrogen-bond donors (Lipinski definition) is 0. The SMILES string of the molecule is [CH2]CCCC/C=C\C/C=C\C/C=C\C/C=C\C. The summed E-state index contributed by atoms with van der Waals surface area (Å²) in [5.74, 6) is 0. The molecule has 0 fully saturated rings. The van der Waals surface area contributed by atoms with E-state index in [2.05, 4.69) is 62.5 Å². The van der Waals surface area contributed by atoms with Crippen LogP contribution in [0.25, 0.3) is 0 Å². The molecule has 0 bridgehead atoms. The maximum Gasteiger partial charge on any atom is -0.0169 e. The van der Waals surface area contributed by atoms with E-state index in [-0.39, 0.29) is 0 Å². The summed E-state index contributed by atoms with van der Waals surface area (Å²) in [5.41, 5.74) is 0. The summed E-state index contributed by atoms with van der Waals surface area (Å²) < 4.78 is 0. The van der Waals surface area contributed by atoms with Crippen LogP contribution in [0.5, 0.6) is 0 Å². The molecule has 0 nitrogen and oxygen atoms in total. The summed E-state index contributed by atoms with van der Waals surface area (Å²) >= 11 is 0. The van der Waals surface area contributed by atoms with E-state index in [0.717, 1.165) is 25.7 Å². The third-order valence-electron chi connectivity index (χ3n) is 2.42. The fourth-order valence-corrected chi connectivity index (χ4v) is 1.41. The average molecular weight is 231 g/mol. The Kier molecular flexibility index (Phi) is 14.0. The van der Waals surface area contributed by atoms with Gasteiger partial charge in [0.15, 0.2) is 0 Å². The Morgan fingerprint density at radius 2 is 1.24 bits per heavy atom. The van der Waals surface area contributed by atoms with Gasteiger partial charge in [0.1, 0.15) is 0 Å². The Balaban J connectivity index is 3.32. The van der Waals surface area contributed by atoms with Gasteiger partial charge in [0.2, 0.25) is 0 Å². The van der Waals surface area contributed by atoms with E-state index in [9.17, 15) is 0 Å². The topological polar surface area (TPSA) is 0 Å². The quantitative estimate of drug-likeness (QED) is 0.329. The van der Waals surface area contributed by atoms with Gasteiger partial charge in [-0.05, 0) is 39.0 Å². The molecule has 0 aliphatic rings. The Labute approximate surface area is 108 Å². The minimum atomic E-state index is 1.05. The molecule has 0 aliphatic carbocycles. The van der Waals surface area contributed by atoms with Crippen LogP contribution < -0.4 is 0 Å². The highest BCUT2D eigenvalue weighted by atomic mass is 13.9. The van der Waals surface area contributed by atoms with Crippen molar-refractivity contribution in [2.75, 3.05) is 0 Å². The predicted molar refractivity (Wildman–Crippen MR) is 79.9 cm³/mol. The molecule has 0 saturated heterocycles. The normalized spacial score (nSPS) is 12.8. The van der Waals surface area contributed by atoms with Crippen LogP contribution in [-0.4, -0.2) is 0 Å². The van der Waals surface area contributed by atoms with Crippen molar-refractivity contribution < 1.29 is 0 Å². The highest BCUT2D eigenvalue weighted by Gasteiger charge is 1.80. The van der Waals surface area contributed by atoms with E-state index in [1.54, 1.807) is 0 Å². The van der Waals surface area contributed by atoms with Crippen molar-refractivity contribution in [3.63, 3.8) is 0 Å². The Morgan fingerprint density at radius 3 is 1.76 bits per heavy atom. The third-order valence-corrected chi connectivity index (χ3v) is 2.42. The van der Waals surface area contributed by atoms with Gasteiger partial charge in [-0.1, -0.05) is 68.4 Å². The average Bonchev–Trinajstić information content (AvgIpc) is 2.35. The van der Waals surface area contributed by atoms with Gasteiger partial charge in [0, 0.05) is 0 Å². The van der Waals surface area contributed by atoms with Crippen LogP contribution in [0.2, 0.25) is 0 Å². The molecule has 0 heteroatoms. The second-order valence-electron chi connectivity index (χ2n) is 4.04. The van der Waals surface area contributed by atoms with Crippen molar-refractivity contribution in [3.8, 4) is 0 Å². The van der Waals surface area contributed by atoms with Gasteiger partial charge in [-0.25, -0.2) is 0 Å². The molecule has 1 radical (unpaired) electrons. The lowest BCUT2D eigenvalue weighted by atomic mass is 10.2. The number of allylic oxidation sites excluding steroid dienone is 8. The van der Waals surface area contributed by atoms with Crippen molar-refractivity contribution in [1.82, 2.24) is 0 Å². The summed E-state index contributed by atoms with van der Waals surface area (Å²) in [5, 5.41) is 0. The zero-order valence-corrected chi connectivity index (χ0v) is 11.3. The van der Waals surface area contributed by atoms with Crippen LogP contribution in [0.1, 0.15) is 51.9 Å². The molecule has 0 aromatic heterocycles.